The molecule has 4 amide bonds. The second kappa shape index (κ2) is 9.38. The summed E-state index contributed by atoms with van der Waals surface area (Å²) in [4.78, 5) is 37.5. The zero-order chi connectivity index (χ0) is 20.0. The molecule has 0 aliphatic carbocycles. The Bertz CT molecular complexity index is 503. The lowest BCUT2D eigenvalue weighted by molar-refractivity contribution is -0.140. The molecule has 0 aromatic heterocycles. The molecule has 1 atom stereocenters. The van der Waals surface area contributed by atoms with Crippen molar-refractivity contribution >= 4 is 17.8 Å². The van der Waals surface area contributed by atoms with E-state index >= 15 is 0 Å². The lowest BCUT2D eigenvalue weighted by Crippen LogP contribution is -2.37. The summed E-state index contributed by atoms with van der Waals surface area (Å²) in [5.41, 5.74) is 0.0372. The van der Waals surface area contributed by atoms with Crippen LogP contribution in [0.25, 0.3) is 0 Å². The molecule has 1 fully saturated rings. The number of nitrogens with zero attached hydrogens (tertiary/aromatic N) is 1. The average molecular weight is 368 g/mol. The average Bonchev–Trinajstić information content (AvgIpc) is 2.77. The van der Waals surface area contributed by atoms with E-state index in [-0.39, 0.29) is 34.6 Å². The Kier molecular flexibility index (Phi) is 8.10. The quantitative estimate of drug-likeness (QED) is 0.510. The number of nitrogens with one attached hydrogen (secondary N) is 2. The highest BCUT2D eigenvalue weighted by Crippen LogP contribution is 2.35. The molecule has 1 saturated heterocycles. The van der Waals surface area contributed by atoms with E-state index < -0.39 is 0 Å². The van der Waals surface area contributed by atoms with Crippen LogP contribution in [-0.2, 0) is 9.59 Å². The molecule has 0 aromatic rings. The second-order valence-corrected chi connectivity index (χ2v) is 9.56. The van der Waals surface area contributed by atoms with E-state index in [1.165, 1.54) is 4.90 Å². The van der Waals surface area contributed by atoms with Crippen molar-refractivity contribution in [2.45, 2.75) is 73.6 Å². The molecule has 1 rings (SSSR count). The van der Waals surface area contributed by atoms with Crippen molar-refractivity contribution in [2.24, 2.45) is 16.7 Å². The van der Waals surface area contributed by atoms with Gasteiger partial charge in [0, 0.05) is 26.1 Å². The maximum Gasteiger partial charge on any atom is 0.314 e. The largest absolute Gasteiger partial charge is 0.338 e. The van der Waals surface area contributed by atoms with Gasteiger partial charge in [0.15, 0.2) is 0 Å². The van der Waals surface area contributed by atoms with Gasteiger partial charge in [0.05, 0.1) is 5.92 Å². The number of rotatable bonds is 8. The summed E-state index contributed by atoms with van der Waals surface area (Å²) in [5, 5.41) is 5.70. The molecule has 0 bridgehead atoms. The van der Waals surface area contributed by atoms with Crippen molar-refractivity contribution in [2.75, 3.05) is 19.6 Å². The molecule has 0 radical (unpaired) electrons. The zero-order valence-electron chi connectivity index (χ0n) is 17.4. The molecule has 1 aliphatic rings. The molecular weight excluding hydrogens is 330 g/mol. The van der Waals surface area contributed by atoms with Gasteiger partial charge in [0.2, 0.25) is 11.8 Å². The maximum absolute atomic E-state index is 12.4. The molecular formula is C20H37N3O3. The van der Waals surface area contributed by atoms with Crippen LogP contribution in [0, 0.1) is 16.7 Å². The van der Waals surface area contributed by atoms with E-state index in [9.17, 15) is 14.4 Å². The van der Waals surface area contributed by atoms with Crippen LogP contribution in [0.5, 0.6) is 0 Å². The molecule has 1 aliphatic heterocycles. The Hall–Kier alpha value is -1.59. The summed E-state index contributed by atoms with van der Waals surface area (Å²) in [6.45, 7) is 14.2. The Morgan fingerprint density at radius 2 is 1.62 bits per heavy atom. The third-order valence-electron chi connectivity index (χ3n) is 4.79. The number of unbranched alkanes of at least 4 members (excludes halogenated alkanes) is 2. The van der Waals surface area contributed by atoms with Crippen molar-refractivity contribution < 1.29 is 14.4 Å². The van der Waals surface area contributed by atoms with Crippen LogP contribution in [-0.4, -0.2) is 42.4 Å². The highest BCUT2D eigenvalue weighted by atomic mass is 16.2. The Balaban J connectivity index is 2.15. The molecule has 150 valence electrons. The Morgan fingerprint density at radius 3 is 2.15 bits per heavy atom. The van der Waals surface area contributed by atoms with Gasteiger partial charge < -0.3 is 10.6 Å². The summed E-state index contributed by atoms with van der Waals surface area (Å²) >= 11 is 0. The van der Waals surface area contributed by atoms with Gasteiger partial charge in [-0.2, -0.15) is 0 Å². The third kappa shape index (κ3) is 7.75. The first-order chi connectivity index (χ1) is 11.9. The van der Waals surface area contributed by atoms with Crippen LogP contribution >= 0.6 is 0 Å². The summed E-state index contributed by atoms with van der Waals surface area (Å²) in [6.07, 6.45) is 3.76. The Labute approximate surface area is 158 Å². The van der Waals surface area contributed by atoms with Gasteiger partial charge in [-0.1, -0.05) is 41.5 Å². The first-order valence-electron chi connectivity index (χ1n) is 9.78. The molecule has 26 heavy (non-hydrogen) atoms. The first kappa shape index (κ1) is 22.5. The fraction of sp³-hybridized carbons (Fsp3) is 0.850. The standard InChI is InChI=1S/C20H37N3O3/c1-19(2,3)10-12-22-18(26)21-11-8-7-9-13-23-16(24)14-15(17(23)25)20(4,5)6/h15H,7-14H2,1-6H3,(H2,21,22,26). The number of carbonyl (C=O) groups excluding carboxylic acids is 3. The number of amides is 4. The van der Waals surface area contributed by atoms with Crippen molar-refractivity contribution in [3.05, 3.63) is 0 Å². The second-order valence-electron chi connectivity index (χ2n) is 9.56. The number of imide groups is 1. The zero-order valence-corrected chi connectivity index (χ0v) is 17.4. The number of hydrogen-bond acceptors (Lipinski definition) is 3. The van der Waals surface area contributed by atoms with Gasteiger partial charge in [-0.25, -0.2) is 4.79 Å². The fourth-order valence-corrected chi connectivity index (χ4v) is 2.98. The predicted octanol–water partition coefficient (Wildman–Crippen LogP) is 3.31. The van der Waals surface area contributed by atoms with Gasteiger partial charge in [0.1, 0.15) is 0 Å². The van der Waals surface area contributed by atoms with Crippen LogP contribution in [0.15, 0.2) is 0 Å². The summed E-state index contributed by atoms with van der Waals surface area (Å²) in [5.74, 6) is -0.279. The molecule has 0 saturated carbocycles. The van der Waals surface area contributed by atoms with Crippen LogP contribution in [0.1, 0.15) is 73.6 Å². The van der Waals surface area contributed by atoms with Crippen LogP contribution in [0.2, 0.25) is 0 Å². The normalized spacial score (nSPS) is 18.4. The van der Waals surface area contributed by atoms with Gasteiger partial charge >= 0.3 is 6.03 Å². The molecule has 0 spiro atoms. The highest BCUT2D eigenvalue weighted by Gasteiger charge is 2.44. The van der Waals surface area contributed by atoms with E-state index in [0.717, 1.165) is 25.7 Å². The number of carbonyl (C=O) groups is 3. The van der Waals surface area contributed by atoms with E-state index in [0.29, 0.717) is 26.1 Å². The van der Waals surface area contributed by atoms with Crippen molar-refractivity contribution in [1.29, 1.82) is 0 Å². The highest BCUT2D eigenvalue weighted by molar-refractivity contribution is 6.03. The van der Waals surface area contributed by atoms with Gasteiger partial charge in [-0.3, -0.25) is 14.5 Å². The monoisotopic (exact) mass is 367 g/mol. The van der Waals surface area contributed by atoms with E-state index in [2.05, 4.69) is 31.4 Å². The van der Waals surface area contributed by atoms with Crippen LogP contribution in [0.3, 0.4) is 0 Å². The lowest BCUT2D eigenvalue weighted by atomic mass is 9.80. The molecule has 6 heteroatoms. The fourth-order valence-electron chi connectivity index (χ4n) is 2.98. The van der Waals surface area contributed by atoms with Crippen LogP contribution < -0.4 is 10.6 Å². The van der Waals surface area contributed by atoms with E-state index in [4.69, 9.17) is 0 Å². The summed E-state index contributed by atoms with van der Waals surface area (Å²) in [7, 11) is 0. The van der Waals surface area contributed by atoms with Crippen molar-refractivity contribution in [1.82, 2.24) is 15.5 Å². The molecule has 6 nitrogen and oxygen atoms in total. The smallest absolute Gasteiger partial charge is 0.314 e. The van der Waals surface area contributed by atoms with Crippen molar-refractivity contribution in [3.8, 4) is 0 Å². The maximum atomic E-state index is 12.4. The molecule has 2 N–H and O–H groups in total. The minimum atomic E-state index is -0.200. The van der Waals surface area contributed by atoms with E-state index in [1.54, 1.807) is 0 Å². The topological polar surface area (TPSA) is 78.5 Å². The third-order valence-corrected chi connectivity index (χ3v) is 4.79. The number of urea groups is 1. The first-order valence-corrected chi connectivity index (χ1v) is 9.78. The number of hydrogen-bond donors (Lipinski definition) is 2. The number of likely N-dealkylation sites (tertiary alicyclic amines) is 1. The van der Waals surface area contributed by atoms with Gasteiger partial charge in [-0.05, 0) is 36.5 Å². The Morgan fingerprint density at radius 1 is 1.00 bits per heavy atom. The molecule has 1 unspecified atom stereocenters. The van der Waals surface area contributed by atoms with Crippen LogP contribution in [0.4, 0.5) is 4.79 Å². The van der Waals surface area contributed by atoms with Crippen molar-refractivity contribution in [3.63, 3.8) is 0 Å². The predicted molar refractivity (Wildman–Crippen MR) is 104 cm³/mol. The van der Waals surface area contributed by atoms with Gasteiger partial charge in [0.25, 0.3) is 0 Å². The SMILES string of the molecule is CC(C)(C)CCNC(=O)NCCCCCN1C(=O)CC(C(C)(C)C)C1=O. The lowest BCUT2D eigenvalue weighted by Gasteiger charge is -2.24. The minimum Gasteiger partial charge on any atom is -0.338 e. The summed E-state index contributed by atoms with van der Waals surface area (Å²) in [6, 6.07) is -0.132. The van der Waals surface area contributed by atoms with Gasteiger partial charge in [-0.15, -0.1) is 0 Å². The summed E-state index contributed by atoms with van der Waals surface area (Å²) < 4.78 is 0. The molecule has 0 aromatic carbocycles. The minimum absolute atomic E-state index is 0.0288. The van der Waals surface area contributed by atoms with E-state index in [1.807, 2.05) is 20.8 Å². The molecule has 1 heterocycles.